The predicted molar refractivity (Wildman–Crippen MR) is 62.2 cm³/mol. The van der Waals surface area contributed by atoms with Crippen molar-refractivity contribution in [1.29, 1.82) is 0 Å². The molecule has 13 heavy (non-hydrogen) atoms. The summed E-state index contributed by atoms with van der Waals surface area (Å²) in [4.78, 5) is 10.7. The van der Waals surface area contributed by atoms with E-state index in [4.69, 9.17) is 5.11 Å². The second kappa shape index (κ2) is 3.86. The number of rotatable bonds is 1. The summed E-state index contributed by atoms with van der Waals surface area (Å²) in [7, 11) is 0. The Hall–Kier alpha value is -0.250. The zero-order valence-corrected chi connectivity index (χ0v) is 10.4. The molecular weight excluding hydrogens is 402 g/mol. The van der Waals surface area contributed by atoms with E-state index < -0.39 is 5.97 Å². The summed E-state index contributed by atoms with van der Waals surface area (Å²) in [6.45, 7) is 0. The van der Waals surface area contributed by atoms with Gasteiger partial charge in [-0.15, -0.1) is 0 Å². The number of carboxylic acid groups (broad SMARTS) is 1. The molecule has 0 aliphatic heterocycles. The third-order valence-corrected chi connectivity index (χ3v) is 3.56. The molecule has 1 aromatic carbocycles. The quantitative estimate of drug-likeness (QED) is 0.624. The lowest BCUT2D eigenvalue weighted by Crippen LogP contribution is -2.03. The normalized spacial score (nSPS) is 10.0. The minimum atomic E-state index is -1.17. The number of halogens is 2. The summed E-state index contributed by atoms with van der Waals surface area (Å²) < 4.78 is 0.458. The van der Waals surface area contributed by atoms with Gasteiger partial charge in [-0.05, 0) is 45.2 Å². The third-order valence-electron chi connectivity index (χ3n) is 1.38. The van der Waals surface area contributed by atoms with Crippen LogP contribution < -0.4 is 0 Å². The maximum Gasteiger partial charge on any atom is 0.338 e. The number of carboxylic acids is 1. The lowest BCUT2D eigenvalue weighted by atomic mass is 10.2. The molecule has 4 nitrogen and oxygen atoms in total. The SMILES string of the molecule is O=C(O)c1c(I)c(O)cc(O)c1I. The van der Waals surface area contributed by atoms with Crippen LogP contribution in [0.2, 0.25) is 0 Å². The third kappa shape index (κ3) is 1.98. The van der Waals surface area contributed by atoms with Crippen molar-refractivity contribution in [2.24, 2.45) is 0 Å². The van der Waals surface area contributed by atoms with Crippen molar-refractivity contribution in [1.82, 2.24) is 0 Å². The van der Waals surface area contributed by atoms with Gasteiger partial charge in [-0.3, -0.25) is 0 Å². The second-order valence-corrected chi connectivity index (χ2v) is 4.38. The molecule has 1 rings (SSSR count). The number of aromatic hydroxyl groups is 2. The van der Waals surface area contributed by atoms with Gasteiger partial charge in [0.25, 0.3) is 0 Å². The van der Waals surface area contributed by atoms with Crippen LogP contribution in [0.5, 0.6) is 11.5 Å². The molecule has 0 atom stereocenters. The number of carbonyl (C=O) groups is 1. The van der Waals surface area contributed by atoms with Crippen molar-refractivity contribution in [2.45, 2.75) is 0 Å². The molecule has 6 heteroatoms. The molecule has 0 fully saturated rings. The molecule has 0 amide bonds. The Kier molecular flexibility index (Phi) is 3.22. The van der Waals surface area contributed by atoms with Crippen LogP contribution in [0.25, 0.3) is 0 Å². The van der Waals surface area contributed by atoms with Gasteiger partial charge in [0, 0.05) is 6.07 Å². The summed E-state index contributed by atoms with van der Waals surface area (Å²) >= 11 is 3.43. The molecule has 0 aliphatic rings. The van der Waals surface area contributed by atoms with Gasteiger partial charge >= 0.3 is 5.97 Å². The van der Waals surface area contributed by atoms with Crippen LogP contribution in [-0.4, -0.2) is 21.3 Å². The lowest BCUT2D eigenvalue weighted by Gasteiger charge is -2.06. The van der Waals surface area contributed by atoms with Crippen molar-refractivity contribution in [3.05, 3.63) is 18.8 Å². The number of hydrogen-bond acceptors (Lipinski definition) is 3. The zero-order chi connectivity index (χ0) is 10.2. The molecule has 70 valence electrons. The number of hydrogen-bond donors (Lipinski definition) is 3. The first kappa shape index (κ1) is 10.8. The highest BCUT2D eigenvalue weighted by Crippen LogP contribution is 2.34. The maximum atomic E-state index is 10.7. The van der Waals surface area contributed by atoms with E-state index in [1.807, 2.05) is 0 Å². The average Bonchev–Trinajstić information content (AvgIpc) is 2.01. The molecule has 3 N–H and O–H groups in total. The molecule has 0 aromatic heterocycles. The smallest absolute Gasteiger partial charge is 0.338 e. The van der Waals surface area contributed by atoms with Gasteiger partial charge in [0.05, 0.1) is 12.7 Å². The number of phenolic OH excluding ortho intramolecular Hbond substituents is 2. The van der Waals surface area contributed by atoms with Crippen molar-refractivity contribution in [3.63, 3.8) is 0 Å². The van der Waals surface area contributed by atoms with Crippen molar-refractivity contribution >= 4 is 51.2 Å². The Morgan fingerprint density at radius 2 is 1.54 bits per heavy atom. The Morgan fingerprint density at radius 3 is 1.85 bits per heavy atom. The largest absolute Gasteiger partial charge is 0.507 e. The van der Waals surface area contributed by atoms with Crippen LogP contribution >= 0.6 is 45.2 Å². The summed E-state index contributed by atoms with van der Waals surface area (Å²) in [5.41, 5.74) is -0.0706. The van der Waals surface area contributed by atoms with E-state index in [1.165, 1.54) is 0 Å². The van der Waals surface area contributed by atoms with Crippen LogP contribution in [0.1, 0.15) is 10.4 Å². The molecule has 0 spiro atoms. The Bertz CT molecular complexity index is 349. The van der Waals surface area contributed by atoms with E-state index in [1.54, 1.807) is 45.2 Å². The van der Waals surface area contributed by atoms with Crippen LogP contribution in [0.3, 0.4) is 0 Å². The molecule has 0 heterocycles. The zero-order valence-electron chi connectivity index (χ0n) is 6.08. The minimum Gasteiger partial charge on any atom is -0.507 e. The summed E-state index contributed by atoms with van der Waals surface area (Å²) in [5.74, 6) is -1.62. The number of aromatic carboxylic acids is 1. The van der Waals surface area contributed by atoms with Gasteiger partial charge in [-0.1, -0.05) is 0 Å². The highest BCUT2D eigenvalue weighted by molar-refractivity contribution is 14.1. The highest BCUT2D eigenvalue weighted by Gasteiger charge is 2.19. The Morgan fingerprint density at radius 1 is 1.15 bits per heavy atom. The standard InChI is InChI=1S/C7H4I2O4/c8-5-2(10)1-3(11)6(9)4(5)7(12)13/h1,10-11H,(H,12,13). The first-order valence-electron chi connectivity index (χ1n) is 3.08. The van der Waals surface area contributed by atoms with Gasteiger partial charge in [-0.25, -0.2) is 4.79 Å². The fourth-order valence-corrected chi connectivity index (χ4v) is 2.62. The number of phenols is 2. The summed E-state index contributed by atoms with van der Waals surface area (Å²) in [5, 5.41) is 27.2. The van der Waals surface area contributed by atoms with E-state index in [-0.39, 0.29) is 24.2 Å². The minimum absolute atomic E-state index is 0.0706. The van der Waals surface area contributed by atoms with Crippen LogP contribution in [0.4, 0.5) is 0 Å². The number of benzene rings is 1. The molecule has 0 bridgehead atoms. The van der Waals surface area contributed by atoms with Gasteiger partial charge in [0.1, 0.15) is 11.5 Å². The van der Waals surface area contributed by atoms with E-state index in [9.17, 15) is 15.0 Å². The van der Waals surface area contributed by atoms with Gasteiger partial charge in [-0.2, -0.15) is 0 Å². The summed E-state index contributed by atoms with van der Waals surface area (Å²) in [6, 6.07) is 1.12. The monoisotopic (exact) mass is 406 g/mol. The van der Waals surface area contributed by atoms with Crippen LogP contribution in [0.15, 0.2) is 6.07 Å². The second-order valence-electron chi connectivity index (χ2n) is 2.22. The van der Waals surface area contributed by atoms with E-state index in [2.05, 4.69) is 0 Å². The maximum absolute atomic E-state index is 10.7. The van der Waals surface area contributed by atoms with Crippen molar-refractivity contribution < 1.29 is 20.1 Å². The predicted octanol–water partition coefficient (Wildman–Crippen LogP) is 2.01. The fourth-order valence-electron chi connectivity index (χ4n) is 0.796. The summed E-state index contributed by atoms with van der Waals surface area (Å²) in [6.07, 6.45) is 0. The van der Waals surface area contributed by atoms with Crippen molar-refractivity contribution in [2.75, 3.05) is 0 Å². The first-order chi connectivity index (χ1) is 5.95. The topological polar surface area (TPSA) is 77.8 Å². The molecule has 0 unspecified atom stereocenters. The van der Waals surface area contributed by atoms with Crippen molar-refractivity contribution in [3.8, 4) is 11.5 Å². The molecule has 0 saturated carbocycles. The van der Waals surface area contributed by atoms with Crippen LogP contribution in [0, 0.1) is 7.14 Å². The van der Waals surface area contributed by atoms with Gasteiger partial charge in [0.2, 0.25) is 0 Å². The molecule has 0 saturated heterocycles. The van der Waals surface area contributed by atoms with E-state index >= 15 is 0 Å². The van der Waals surface area contributed by atoms with Gasteiger partial charge < -0.3 is 15.3 Å². The van der Waals surface area contributed by atoms with E-state index in [0.717, 1.165) is 6.07 Å². The van der Waals surface area contributed by atoms with E-state index in [0.29, 0.717) is 0 Å². The molecule has 0 radical (unpaired) electrons. The van der Waals surface area contributed by atoms with Crippen LogP contribution in [-0.2, 0) is 0 Å². The molecule has 0 aliphatic carbocycles. The first-order valence-corrected chi connectivity index (χ1v) is 5.24. The molecule has 1 aromatic rings. The average molecular weight is 406 g/mol. The fraction of sp³-hybridized carbons (Fsp3) is 0. The lowest BCUT2D eigenvalue weighted by molar-refractivity contribution is 0.0693. The Labute approximate surface area is 101 Å². The Balaban J connectivity index is 3.56. The highest BCUT2D eigenvalue weighted by atomic mass is 127. The molecular formula is C7H4I2O4. The van der Waals surface area contributed by atoms with Gasteiger partial charge in [0.15, 0.2) is 0 Å².